The number of Topliss-reactive ketones (excluding diaryl/α,β-unsaturated/α-hetero) is 1. The molecule has 0 heterocycles. The van der Waals surface area contributed by atoms with Gasteiger partial charge in [-0.2, -0.15) is 0 Å². The van der Waals surface area contributed by atoms with Crippen LogP contribution in [-0.4, -0.2) is 18.5 Å². The molecule has 1 aromatic rings. The number of hydrogen-bond acceptors (Lipinski definition) is 2. The minimum Gasteiger partial charge on any atom is -0.378 e. The number of halogens is 2. The van der Waals surface area contributed by atoms with Gasteiger partial charge in [-0.15, -0.1) is 0 Å². The van der Waals surface area contributed by atoms with Gasteiger partial charge in [0, 0.05) is 20.0 Å². The Balaban J connectivity index is 1.96. The Kier molecular flexibility index (Phi) is 4.03. The summed E-state index contributed by atoms with van der Waals surface area (Å²) in [6.07, 6.45) is 3.62. The van der Waals surface area contributed by atoms with Crippen LogP contribution in [0.4, 0.5) is 4.39 Å². The molecule has 0 aromatic heterocycles. The van der Waals surface area contributed by atoms with E-state index < -0.39 is 5.82 Å². The fourth-order valence-corrected chi connectivity index (χ4v) is 2.44. The molecule has 98 valence electrons. The molecule has 1 aliphatic rings. The lowest BCUT2D eigenvalue weighted by atomic mass is 9.76. The highest BCUT2D eigenvalue weighted by Gasteiger charge is 2.38. The van der Waals surface area contributed by atoms with Gasteiger partial charge in [0.15, 0.2) is 0 Å². The van der Waals surface area contributed by atoms with Crippen LogP contribution in [0.15, 0.2) is 18.2 Å². The summed E-state index contributed by atoms with van der Waals surface area (Å²) >= 11 is 5.60. The third-order valence-corrected chi connectivity index (χ3v) is 3.91. The van der Waals surface area contributed by atoms with Gasteiger partial charge in [0.25, 0.3) is 0 Å². The number of ketones is 1. The summed E-state index contributed by atoms with van der Waals surface area (Å²) < 4.78 is 18.7. The molecule has 0 spiro atoms. The highest BCUT2D eigenvalue weighted by atomic mass is 35.5. The summed E-state index contributed by atoms with van der Waals surface area (Å²) in [7, 11) is 1.65. The van der Waals surface area contributed by atoms with E-state index in [2.05, 4.69) is 0 Å². The van der Waals surface area contributed by atoms with Crippen molar-refractivity contribution < 1.29 is 13.9 Å². The van der Waals surface area contributed by atoms with Crippen molar-refractivity contribution in [3.8, 4) is 0 Å². The minimum atomic E-state index is -0.480. The van der Waals surface area contributed by atoms with Crippen molar-refractivity contribution in [2.45, 2.75) is 37.7 Å². The maximum absolute atomic E-state index is 13.2. The summed E-state index contributed by atoms with van der Waals surface area (Å²) in [6, 6.07) is 4.49. The lowest BCUT2D eigenvalue weighted by Gasteiger charge is -2.40. The van der Waals surface area contributed by atoms with Gasteiger partial charge in [0.2, 0.25) is 0 Å². The molecule has 1 fully saturated rings. The van der Waals surface area contributed by atoms with Crippen molar-refractivity contribution in [3.63, 3.8) is 0 Å². The highest BCUT2D eigenvalue weighted by molar-refractivity contribution is 6.30. The summed E-state index contributed by atoms with van der Waals surface area (Å²) in [5.41, 5.74) is 0.398. The van der Waals surface area contributed by atoms with E-state index in [0.29, 0.717) is 12.0 Å². The zero-order valence-electron chi connectivity index (χ0n) is 10.3. The van der Waals surface area contributed by atoms with Crippen LogP contribution in [-0.2, 0) is 16.0 Å². The van der Waals surface area contributed by atoms with Gasteiger partial charge < -0.3 is 4.74 Å². The molecule has 0 atom stereocenters. The number of ether oxygens (including phenoxy) is 1. The maximum atomic E-state index is 13.2. The van der Waals surface area contributed by atoms with Crippen molar-refractivity contribution in [3.05, 3.63) is 34.6 Å². The van der Waals surface area contributed by atoms with Gasteiger partial charge in [-0.25, -0.2) is 4.39 Å². The fourth-order valence-electron chi connectivity index (χ4n) is 2.32. The van der Waals surface area contributed by atoms with Crippen LogP contribution < -0.4 is 0 Å². The number of rotatable bonds is 5. The van der Waals surface area contributed by atoms with Crippen LogP contribution in [0, 0.1) is 5.82 Å². The number of carbonyl (C=O) groups is 1. The third-order valence-electron chi connectivity index (χ3n) is 3.60. The van der Waals surface area contributed by atoms with Crippen LogP contribution in [0.3, 0.4) is 0 Å². The van der Waals surface area contributed by atoms with Crippen LogP contribution in [0.2, 0.25) is 5.02 Å². The standard InChI is InChI=1S/C14H16ClFO2/c1-18-14(5-2-6-14)9-11(17)7-10-3-4-12(15)13(16)8-10/h3-4,8H,2,5-7,9H2,1H3. The molecule has 2 nitrogen and oxygen atoms in total. The highest BCUT2D eigenvalue weighted by Crippen LogP contribution is 2.38. The SMILES string of the molecule is COC1(CC(=O)Cc2ccc(Cl)c(F)c2)CCC1. The Bertz CT molecular complexity index is 450. The number of benzene rings is 1. The summed E-state index contributed by atoms with van der Waals surface area (Å²) in [4.78, 5) is 11.9. The first-order chi connectivity index (χ1) is 8.54. The zero-order valence-corrected chi connectivity index (χ0v) is 11.1. The van der Waals surface area contributed by atoms with Gasteiger partial charge in [-0.1, -0.05) is 17.7 Å². The molecule has 0 amide bonds. The lowest BCUT2D eigenvalue weighted by molar-refractivity contribution is -0.131. The molecule has 2 rings (SSSR count). The van der Waals surface area contributed by atoms with Crippen LogP contribution in [0.5, 0.6) is 0 Å². The van der Waals surface area contributed by atoms with Crippen LogP contribution in [0.1, 0.15) is 31.2 Å². The fraction of sp³-hybridized carbons (Fsp3) is 0.500. The molecule has 4 heteroatoms. The monoisotopic (exact) mass is 270 g/mol. The second-order valence-electron chi connectivity index (χ2n) is 4.88. The first-order valence-corrected chi connectivity index (χ1v) is 6.43. The Morgan fingerprint density at radius 2 is 2.22 bits per heavy atom. The van der Waals surface area contributed by atoms with E-state index in [9.17, 15) is 9.18 Å². The molecule has 18 heavy (non-hydrogen) atoms. The summed E-state index contributed by atoms with van der Waals surface area (Å²) in [5.74, 6) is -0.398. The molecule has 1 saturated carbocycles. The molecule has 0 bridgehead atoms. The predicted molar refractivity (Wildman–Crippen MR) is 68.3 cm³/mol. The van der Waals surface area contributed by atoms with Gasteiger partial charge in [-0.3, -0.25) is 4.79 Å². The second kappa shape index (κ2) is 5.37. The quantitative estimate of drug-likeness (QED) is 0.818. The van der Waals surface area contributed by atoms with Crippen molar-refractivity contribution in [2.24, 2.45) is 0 Å². The van der Waals surface area contributed by atoms with E-state index in [-0.39, 0.29) is 22.8 Å². The van der Waals surface area contributed by atoms with Crippen LogP contribution in [0.25, 0.3) is 0 Å². The van der Waals surface area contributed by atoms with Crippen molar-refractivity contribution in [1.82, 2.24) is 0 Å². The van der Waals surface area contributed by atoms with Gasteiger partial charge in [0.05, 0.1) is 10.6 Å². The molecule has 1 aliphatic carbocycles. The Labute approximate surface area is 111 Å². The van der Waals surface area contributed by atoms with Gasteiger partial charge in [-0.05, 0) is 37.0 Å². The normalized spacial score (nSPS) is 17.3. The molecular formula is C14H16ClFO2. The molecule has 0 saturated heterocycles. The first-order valence-electron chi connectivity index (χ1n) is 6.05. The summed E-state index contributed by atoms with van der Waals surface area (Å²) in [6.45, 7) is 0. The molecule has 0 N–H and O–H groups in total. The van der Waals surface area contributed by atoms with Crippen molar-refractivity contribution in [1.29, 1.82) is 0 Å². The Morgan fingerprint density at radius 1 is 1.50 bits per heavy atom. The van der Waals surface area contributed by atoms with Crippen LogP contribution >= 0.6 is 11.6 Å². The van der Waals surface area contributed by atoms with E-state index in [1.807, 2.05) is 0 Å². The van der Waals surface area contributed by atoms with E-state index in [1.165, 1.54) is 12.1 Å². The van der Waals surface area contributed by atoms with E-state index in [0.717, 1.165) is 19.3 Å². The molecule has 0 radical (unpaired) electrons. The molecule has 0 unspecified atom stereocenters. The van der Waals surface area contributed by atoms with E-state index in [1.54, 1.807) is 13.2 Å². The second-order valence-corrected chi connectivity index (χ2v) is 5.29. The maximum Gasteiger partial charge on any atom is 0.142 e. The lowest BCUT2D eigenvalue weighted by Crippen LogP contribution is -2.41. The van der Waals surface area contributed by atoms with Crippen molar-refractivity contribution >= 4 is 17.4 Å². The average molecular weight is 271 g/mol. The third kappa shape index (κ3) is 2.90. The largest absolute Gasteiger partial charge is 0.378 e. The Hall–Kier alpha value is -0.930. The molecule has 0 aliphatic heterocycles. The predicted octanol–water partition coefficient (Wildman–Crippen LogP) is 3.55. The van der Waals surface area contributed by atoms with E-state index in [4.69, 9.17) is 16.3 Å². The molecular weight excluding hydrogens is 255 g/mol. The minimum absolute atomic E-state index is 0.0817. The topological polar surface area (TPSA) is 26.3 Å². The van der Waals surface area contributed by atoms with Crippen molar-refractivity contribution in [2.75, 3.05) is 7.11 Å². The summed E-state index contributed by atoms with van der Waals surface area (Å²) in [5, 5.41) is 0.0820. The van der Waals surface area contributed by atoms with E-state index >= 15 is 0 Å². The number of methoxy groups -OCH3 is 1. The number of carbonyl (C=O) groups excluding carboxylic acids is 1. The van der Waals surface area contributed by atoms with Gasteiger partial charge in [0.1, 0.15) is 11.6 Å². The van der Waals surface area contributed by atoms with Gasteiger partial charge >= 0.3 is 0 Å². The smallest absolute Gasteiger partial charge is 0.142 e. The first kappa shape index (κ1) is 13.5. The zero-order chi connectivity index (χ0) is 13.2. The Morgan fingerprint density at radius 3 is 2.72 bits per heavy atom. The average Bonchev–Trinajstić information content (AvgIpc) is 2.29. The number of hydrogen-bond donors (Lipinski definition) is 0. The molecule has 1 aromatic carbocycles.